The molecule has 0 bridgehead atoms. The van der Waals surface area contributed by atoms with Gasteiger partial charge in [0.05, 0.1) is 18.8 Å². The molecule has 7 rings (SSSR count). The lowest BCUT2D eigenvalue weighted by molar-refractivity contribution is -0.153. The largest absolute Gasteiger partial charge is 0.444 e. The molecule has 0 spiro atoms. The Balaban J connectivity index is 0.988. The quantitative estimate of drug-likeness (QED) is 0.0613. The van der Waals surface area contributed by atoms with Crippen LogP contribution in [0.2, 0.25) is 0 Å². The van der Waals surface area contributed by atoms with Crippen LogP contribution < -0.4 is 0 Å². The van der Waals surface area contributed by atoms with Crippen molar-refractivity contribution >= 4 is 11.8 Å². The molecule has 2 fully saturated rings. The molecule has 5 heteroatoms. The van der Waals surface area contributed by atoms with E-state index in [4.69, 9.17) is 9.47 Å². The number of carbonyl (C=O) groups excluding carboxylic acids is 2. The fourth-order valence-electron chi connectivity index (χ4n) is 8.38. The molecule has 0 radical (unpaired) electrons. The van der Waals surface area contributed by atoms with Gasteiger partial charge in [0.2, 0.25) is 0 Å². The summed E-state index contributed by atoms with van der Waals surface area (Å²) in [5.74, 6) is 0.196. The molecule has 5 aromatic rings. The van der Waals surface area contributed by atoms with Gasteiger partial charge in [-0.2, -0.15) is 0 Å². The third kappa shape index (κ3) is 8.81. The van der Waals surface area contributed by atoms with Gasteiger partial charge in [-0.3, -0.25) is 14.5 Å². The summed E-state index contributed by atoms with van der Waals surface area (Å²) in [4.78, 5) is 29.7. The molecule has 1 aliphatic carbocycles. The highest BCUT2D eigenvalue weighted by atomic mass is 16.6. The van der Waals surface area contributed by atoms with Crippen LogP contribution in [0.5, 0.6) is 0 Å². The first kappa shape index (κ1) is 37.2. The summed E-state index contributed by atoms with van der Waals surface area (Å²) in [5, 5.41) is 0. The highest BCUT2D eigenvalue weighted by Crippen LogP contribution is 2.41. The predicted molar refractivity (Wildman–Crippen MR) is 216 cm³/mol. The summed E-state index contributed by atoms with van der Waals surface area (Å²) in [7, 11) is 0. The van der Waals surface area contributed by atoms with Crippen LogP contribution in [-0.2, 0) is 31.3 Å². The number of hydrogen-bond donors (Lipinski definition) is 0. The number of rotatable bonds is 15. The van der Waals surface area contributed by atoms with Crippen molar-refractivity contribution in [2.75, 3.05) is 13.1 Å². The highest BCUT2D eigenvalue weighted by Gasteiger charge is 2.45. The van der Waals surface area contributed by atoms with E-state index >= 15 is 0 Å². The van der Waals surface area contributed by atoms with Gasteiger partial charge in [0, 0.05) is 35.4 Å². The zero-order chi connectivity index (χ0) is 37.0. The number of piperidine rings is 1. The third-order valence-electron chi connectivity index (χ3n) is 11.1. The number of esters is 1. The molecule has 54 heavy (non-hydrogen) atoms. The number of hydrogen-bond acceptors (Lipinski definition) is 5. The maximum Gasteiger partial charge on any atom is 0.307 e. The number of allylic oxidation sites excluding steroid dienone is 2. The van der Waals surface area contributed by atoms with E-state index < -0.39 is 5.60 Å². The molecule has 276 valence electrons. The lowest BCUT2D eigenvalue weighted by Crippen LogP contribution is -2.46. The Kier molecular flexibility index (Phi) is 12.6. The average molecular weight is 718 g/mol. The number of Topliss-reactive ketones (excluding diaryl/α,β-unsaturated/α-hetero) is 1. The van der Waals surface area contributed by atoms with Crippen molar-refractivity contribution in [3.8, 4) is 11.1 Å². The van der Waals surface area contributed by atoms with Gasteiger partial charge in [-0.15, -0.1) is 0 Å². The van der Waals surface area contributed by atoms with E-state index in [-0.39, 0.29) is 30.5 Å². The Bertz CT molecular complexity index is 1840. The van der Waals surface area contributed by atoms with E-state index in [9.17, 15) is 9.59 Å². The average Bonchev–Trinajstić information content (AvgIpc) is 3.56. The molecular weight excluding hydrogens is 667 g/mol. The number of nitrogens with zero attached hydrogens (tertiary/aromatic N) is 1. The molecular formula is C49H51NO4. The minimum Gasteiger partial charge on any atom is -0.444 e. The normalized spacial score (nSPS) is 19.3. The van der Waals surface area contributed by atoms with Crippen molar-refractivity contribution in [3.05, 3.63) is 180 Å². The summed E-state index contributed by atoms with van der Waals surface area (Å²) >= 11 is 0. The monoisotopic (exact) mass is 717 g/mol. The van der Waals surface area contributed by atoms with Gasteiger partial charge in [0.25, 0.3) is 0 Å². The van der Waals surface area contributed by atoms with E-state index in [2.05, 4.69) is 65.6 Å². The number of carbonyl (C=O) groups is 2. The first-order chi connectivity index (χ1) is 26.6. The Morgan fingerprint density at radius 3 is 1.74 bits per heavy atom. The maximum absolute atomic E-state index is 13.7. The Morgan fingerprint density at radius 2 is 1.17 bits per heavy atom. The molecule has 1 aliphatic heterocycles. The predicted octanol–water partition coefficient (Wildman–Crippen LogP) is 10.3. The molecule has 5 nitrogen and oxygen atoms in total. The fourth-order valence-corrected chi connectivity index (χ4v) is 8.38. The van der Waals surface area contributed by atoms with Gasteiger partial charge in [-0.25, -0.2) is 0 Å². The van der Waals surface area contributed by atoms with Gasteiger partial charge >= 0.3 is 5.97 Å². The summed E-state index contributed by atoms with van der Waals surface area (Å²) in [5.41, 5.74) is 5.14. The molecule has 1 saturated heterocycles. The summed E-state index contributed by atoms with van der Waals surface area (Å²) in [6, 6.07) is 48.9. The number of ether oxygens (including phenoxy) is 2. The van der Waals surface area contributed by atoms with E-state index in [1.165, 1.54) is 17.5 Å². The molecule has 0 amide bonds. The van der Waals surface area contributed by atoms with Gasteiger partial charge < -0.3 is 9.47 Å². The van der Waals surface area contributed by atoms with Gasteiger partial charge in [0.15, 0.2) is 11.4 Å². The van der Waals surface area contributed by atoms with Crippen LogP contribution in [0, 0.1) is 5.92 Å². The second kappa shape index (κ2) is 18.3. The first-order valence-corrected chi connectivity index (χ1v) is 19.7. The number of likely N-dealkylation sites (tertiary alicyclic amines) is 1. The van der Waals surface area contributed by atoms with E-state index in [0.29, 0.717) is 25.2 Å². The van der Waals surface area contributed by atoms with Crippen molar-refractivity contribution < 1.29 is 19.1 Å². The Hall–Kier alpha value is -5.10. The molecule has 1 heterocycles. The second-order valence-electron chi connectivity index (χ2n) is 14.6. The Labute approximate surface area is 320 Å². The van der Waals surface area contributed by atoms with Crippen molar-refractivity contribution in [2.45, 2.75) is 75.7 Å². The molecule has 3 atom stereocenters. The molecule has 5 aromatic carbocycles. The van der Waals surface area contributed by atoms with Crippen LogP contribution in [0.3, 0.4) is 0 Å². The van der Waals surface area contributed by atoms with Crippen LogP contribution in [0.15, 0.2) is 158 Å². The minimum absolute atomic E-state index is 0.0822. The zero-order valence-electron chi connectivity index (χ0n) is 31.1. The first-order valence-electron chi connectivity index (χ1n) is 19.7. The lowest BCUT2D eigenvalue weighted by Gasteiger charge is -2.35. The van der Waals surface area contributed by atoms with Gasteiger partial charge in [-0.05, 0) is 61.9 Å². The molecule has 0 unspecified atom stereocenters. The zero-order valence-corrected chi connectivity index (χ0v) is 31.1. The Morgan fingerprint density at radius 1 is 0.648 bits per heavy atom. The number of benzene rings is 5. The SMILES string of the molecule is O=C(CCC=CCC[C@H]1[C@@H](OCc2ccc(-c3ccccc3)cc2)CC(=O)[C@@H]1N1CCCCC1)OC(c1ccccc1)(c1ccccc1)c1ccccc1. The smallest absolute Gasteiger partial charge is 0.307 e. The maximum atomic E-state index is 13.7. The van der Waals surface area contributed by atoms with Crippen molar-refractivity contribution in [3.63, 3.8) is 0 Å². The second-order valence-corrected chi connectivity index (χ2v) is 14.6. The van der Waals surface area contributed by atoms with Crippen molar-refractivity contribution in [1.29, 1.82) is 0 Å². The third-order valence-corrected chi connectivity index (χ3v) is 11.1. The minimum atomic E-state index is -1.07. The molecule has 2 aliphatic rings. The van der Waals surface area contributed by atoms with Crippen LogP contribution in [0.1, 0.15) is 73.6 Å². The molecule has 0 N–H and O–H groups in total. The van der Waals surface area contributed by atoms with Crippen LogP contribution in [0.25, 0.3) is 11.1 Å². The van der Waals surface area contributed by atoms with E-state index in [1.54, 1.807) is 0 Å². The van der Waals surface area contributed by atoms with Crippen molar-refractivity contribution in [2.24, 2.45) is 5.92 Å². The molecule has 1 saturated carbocycles. The topological polar surface area (TPSA) is 55.8 Å². The highest BCUT2D eigenvalue weighted by molar-refractivity contribution is 5.87. The summed E-state index contributed by atoms with van der Waals surface area (Å²) in [6.07, 6.45) is 10.7. The lowest BCUT2D eigenvalue weighted by atomic mass is 9.80. The number of ketones is 1. The van der Waals surface area contributed by atoms with Crippen LogP contribution in [0.4, 0.5) is 0 Å². The van der Waals surface area contributed by atoms with Crippen LogP contribution in [-0.4, -0.2) is 41.9 Å². The molecule has 0 aromatic heterocycles. The summed E-state index contributed by atoms with van der Waals surface area (Å²) in [6.45, 7) is 2.45. The summed E-state index contributed by atoms with van der Waals surface area (Å²) < 4.78 is 13.1. The van der Waals surface area contributed by atoms with Crippen molar-refractivity contribution in [1.82, 2.24) is 4.90 Å². The van der Waals surface area contributed by atoms with E-state index in [0.717, 1.165) is 61.0 Å². The standard InChI is InChI=1S/C49H51NO4/c51-45-36-46(53-37-38-30-32-40(33-31-38)39-20-8-3-9-21-39)44(48(45)50-34-18-7-19-35-50)28-16-1-2-17-29-47(52)54-49(41-22-10-4-11-23-41,42-24-12-5-13-25-42)43-26-14-6-15-27-43/h1-6,8-15,20-27,30-33,44,46,48H,7,16-19,28-29,34-37H2/t44-,46-,48+/m0/s1. The fraction of sp³-hybridized carbons (Fsp3) is 0.306. The van der Waals surface area contributed by atoms with Gasteiger partial charge in [-0.1, -0.05) is 164 Å². The van der Waals surface area contributed by atoms with Gasteiger partial charge in [0.1, 0.15) is 0 Å². The van der Waals surface area contributed by atoms with Crippen LogP contribution >= 0.6 is 0 Å². The van der Waals surface area contributed by atoms with E-state index in [1.807, 2.05) is 97.1 Å².